The first-order chi connectivity index (χ1) is 5.52. The van der Waals surface area contributed by atoms with Crippen molar-refractivity contribution < 1.29 is 0 Å². The summed E-state index contributed by atoms with van der Waals surface area (Å²) in [5.74, 6) is 0. The lowest BCUT2D eigenvalue weighted by molar-refractivity contribution is 0.422. The van der Waals surface area contributed by atoms with Crippen molar-refractivity contribution in [3.63, 3.8) is 0 Å². The standard InChI is InChI=1S/C9H15N3/c1-6-7-5-10-9(2,3)8(7)11-12(6)4/h10H,5H2,1-4H3. The third-order valence-corrected chi connectivity index (χ3v) is 2.76. The topological polar surface area (TPSA) is 29.9 Å². The minimum atomic E-state index is 0.0569. The van der Waals surface area contributed by atoms with Crippen molar-refractivity contribution in [2.45, 2.75) is 32.9 Å². The van der Waals surface area contributed by atoms with Crippen molar-refractivity contribution in [3.8, 4) is 0 Å². The lowest BCUT2D eigenvalue weighted by atomic mass is 10.0. The lowest BCUT2D eigenvalue weighted by Gasteiger charge is -2.16. The summed E-state index contributed by atoms with van der Waals surface area (Å²) < 4.78 is 1.97. The van der Waals surface area contributed by atoms with E-state index in [0.717, 1.165) is 6.54 Å². The summed E-state index contributed by atoms with van der Waals surface area (Å²) in [6.07, 6.45) is 0. The molecule has 3 nitrogen and oxygen atoms in total. The Morgan fingerprint density at radius 3 is 2.75 bits per heavy atom. The molecule has 1 N–H and O–H groups in total. The van der Waals surface area contributed by atoms with Crippen LogP contribution in [0.25, 0.3) is 0 Å². The quantitative estimate of drug-likeness (QED) is 0.623. The van der Waals surface area contributed by atoms with E-state index in [4.69, 9.17) is 0 Å². The van der Waals surface area contributed by atoms with E-state index in [1.807, 2.05) is 11.7 Å². The number of hydrogen-bond acceptors (Lipinski definition) is 2. The maximum absolute atomic E-state index is 4.50. The minimum Gasteiger partial charge on any atom is -0.302 e. The van der Waals surface area contributed by atoms with Gasteiger partial charge in [-0.2, -0.15) is 5.10 Å². The summed E-state index contributed by atoms with van der Waals surface area (Å²) in [5, 5.41) is 7.93. The van der Waals surface area contributed by atoms with E-state index in [2.05, 4.69) is 31.2 Å². The zero-order valence-corrected chi connectivity index (χ0v) is 8.10. The summed E-state index contributed by atoms with van der Waals surface area (Å²) in [4.78, 5) is 0. The summed E-state index contributed by atoms with van der Waals surface area (Å²) in [6, 6.07) is 0. The van der Waals surface area contributed by atoms with Gasteiger partial charge in [0.05, 0.1) is 11.2 Å². The van der Waals surface area contributed by atoms with Crippen molar-refractivity contribution in [3.05, 3.63) is 17.0 Å². The molecule has 2 rings (SSSR count). The van der Waals surface area contributed by atoms with Crippen LogP contribution in [0.4, 0.5) is 0 Å². The SMILES string of the molecule is Cc1c2c(nn1C)C(C)(C)NC2. The highest BCUT2D eigenvalue weighted by Gasteiger charge is 2.33. The van der Waals surface area contributed by atoms with Crippen molar-refractivity contribution >= 4 is 0 Å². The van der Waals surface area contributed by atoms with Crippen LogP contribution in [-0.4, -0.2) is 9.78 Å². The van der Waals surface area contributed by atoms with Crippen LogP contribution < -0.4 is 5.32 Å². The van der Waals surface area contributed by atoms with E-state index in [1.54, 1.807) is 0 Å². The fourth-order valence-electron chi connectivity index (χ4n) is 1.76. The molecule has 0 amide bonds. The van der Waals surface area contributed by atoms with Gasteiger partial charge in [-0.3, -0.25) is 4.68 Å². The van der Waals surface area contributed by atoms with E-state index < -0.39 is 0 Å². The molecule has 3 heteroatoms. The average Bonchev–Trinajstić information content (AvgIpc) is 2.40. The number of aryl methyl sites for hydroxylation is 1. The second-order valence-corrected chi connectivity index (χ2v) is 4.01. The monoisotopic (exact) mass is 165 g/mol. The molecule has 0 unspecified atom stereocenters. The highest BCUT2D eigenvalue weighted by Crippen LogP contribution is 2.30. The van der Waals surface area contributed by atoms with Gasteiger partial charge in [0.2, 0.25) is 0 Å². The van der Waals surface area contributed by atoms with E-state index in [0.29, 0.717) is 0 Å². The average molecular weight is 165 g/mol. The Hall–Kier alpha value is -0.830. The number of hydrogen-bond donors (Lipinski definition) is 1. The van der Waals surface area contributed by atoms with Gasteiger partial charge in [0.25, 0.3) is 0 Å². The summed E-state index contributed by atoms with van der Waals surface area (Å²) in [6.45, 7) is 7.42. The van der Waals surface area contributed by atoms with E-state index in [1.165, 1.54) is 17.0 Å². The number of rotatable bonds is 0. The molecular weight excluding hydrogens is 150 g/mol. The molecule has 0 saturated carbocycles. The van der Waals surface area contributed by atoms with Crippen LogP contribution in [0.1, 0.15) is 30.8 Å². The van der Waals surface area contributed by atoms with Gasteiger partial charge >= 0.3 is 0 Å². The Bertz CT molecular complexity index is 323. The van der Waals surface area contributed by atoms with Crippen molar-refractivity contribution in [2.24, 2.45) is 7.05 Å². The third-order valence-electron chi connectivity index (χ3n) is 2.76. The number of fused-ring (bicyclic) bond motifs is 1. The Morgan fingerprint density at radius 2 is 2.17 bits per heavy atom. The van der Waals surface area contributed by atoms with Crippen LogP contribution in [0.5, 0.6) is 0 Å². The van der Waals surface area contributed by atoms with Gasteiger partial charge in [-0.25, -0.2) is 0 Å². The van der Waals surface area contributed by atoms with Gasteiger partial charge in [-0.15, -0.1) is 0 Å². The molecule has 66 valence electrons. The van der Waals surface area contributed by atoms with Crippen LogP contribution in [0.3, 0.4) is 0 Å². The van der Waals surface area contributed by atoms with Gasteiger partial charge in [0.1, 0.15) is 0 Å². The van der Waals surface area contributed by atoms with Crippen molar-refractivity contribution in [2.75, 3.05) is 0 Å². The Labute approximate surface area is 72.8 Å². The van der Waals surface area contributed by atoms with Crippen molar-refractivity contribution in [1.29, 1.82) is 0 Å². The van der Waals surface area contributed by atoms with Gasteiger partial charge in [-0.1, -0.05) is 0 Å². The van der Waals surface area contributed by atoms with E-state index in [9.17, 15) is 0 Å². The maximum Gasteiger partial charge on any atom is 0.0867 e. The molecule has 0 aromatic carbocycles. The number of nitrogens with zero attached hydrogens (tertiary/aromatic N) is 2. The Balaban J connectivity index is 2.61. The molecule has 0 atom stereocenters. The molecule has 0 radical (unpaired) electrons. The molecule has 1 aliphatic heterocycles. The van der Waals surface area contributed by atoms with Gasteiger partial charge < -0.3 is 5.32 Å². The van der Waals surface area contributed by atoms with Crippen LogP contribution in [0.15, 0.2) is 0 Å². The Kier molecular flexibility index (Phi) is 1.37. The van der Waals surface area contributed by atoms with Crippen LogP contribution in [0, 0.1) is 6.92 Å². The second kappa shape index (κ2) is 2.10. The first-order valence-electron chi connectivity index (χ1n) is 4.30. The zero-order valence-electron chi connectivity index (χ0n) is 8.10. The maximum atomic E-state index is 4.50. The fraction of sp³-hybridized carbons (Fsp3) is 0.667. The molecule has 1 aliphatic rings. The molecule has 0 saturated heterocycles. The Morgan fingerprint density at radius 1 is 1.50 bits per heavy atom. The molecule has 0 bridgehead atoms. The molecule has 2 heterocycles. The highest BCUT2D eigenvalue weighted by atomic mass is 15.3. The summed E-state index contributed by atoms with van der Waals surface area (Å²) >= 11 is 0. The lowest BCUT2D eigenvalue weighted by Crippen LogP contribution is -2.30. The van der Waals surface area contributed by atoms with Gasteiger partial charge in [-0.05, 0) is 20.8 Å². The third kappa shape index (κ3) is 0.829. The minimum absolute atomic E-state index is 0.0569. The number of nitrogens with one attached hydrogen (secondary N) is 1. The summed E-state index contributed by atoms with van der Waals surface area (Å²) in [7, 11) is 2.00. The predicted octanol–water partition coefficient (Wildman–Crippen LogP) is 1.07. The zero-order chi connectivity index (χ0) is 8.93. The smallest absolute Gasteiger partial charge is 0.0867 e. The first kappa shape index (κ1) is 7.80. The largest absolute Gasteiger partial charge is 0.302 e. The highest BCUT2D eigenvalue weighted by molar-refractivity contribution is 5.34. The second-order valence-electron chi connectivity index (χ2n) is 4.01. The molecule has 1 aromatic heterocycles. The molecular formula is C9H15N3. The van der Waals surface area contributed by atoms with Gasteiger partial charge in [0, 0.05) is 24.8 Å². The van der Waals surface area contributed by atoms with Gasteiger partial charge in [0.15, 0.2) is 0 Å². The molecule has 0 spiro atoms. The molecule has 12 heavy (non-hydrogen) atoms. The number of aromatic nitrogens is 2. The summed E-state index contributed by atoms with van der Waals surface area (Å²) in [5.41, 5.74) is 3.93. The normalized spacial score (nSPS) is 19.7. The van der Waals surface area contributed by atoms with E-state index >= 15 is 0 Å². The van der Waals surface area contributed by atoms with Crippen LogP contribution in [-0.2, 0) is 19.1 Å². The first-order valence-corrected chi connectivity index (χ1v) is 4.30. The van der Waals surface area contributed by atoms with E-state index in [-0.39, 0.29) is 5.54 Å². The molecule has 1 aromatic rings. The van der Waals surface area contributed by atoms with Crippen LogP contribution >= 0.6 is 0 Å². The fourth-order valence-corrected chi connectivity index (χ4v) is 1.76. The van der Waals surface area contributed by atoms with Crippen LogP contribution in [0.2, 0.25) is 0 Å². The van der Waals surface area contributed by atoms with Crippen molar-refractivity contribution in [1.82, 2.24) is 15.1 Å². The predicted molar refractivity (Wildman–Crippen MR) is 47.8 cm³/mol. The molecule has 0 fully saturated rings. The molecule has 0 aliphatic carbocycles.